The van der Waals surface area contributed by atoms with E-state index in [-0.39, 0.29) is 0 Å². The molecule has 0 fully saturated rings. The molecule has 0 amide bonds. The summed E-state index contributed by atoms with van der Waals surface area (Å²) in [7, 11) is 0. The third-order valence-corrected chi connectivity index (χ3v) is 5.33. The van der Waals surface area contributed by atoms with Crippen LogP contribution in [0, 0.1) is 18.3 Å². The van der Waals surface area contributed by atoms with E-state index >= 15 is 0 Å². The number of benzene rings is 3. The molecule has 0 aromatic heterocycles. The zero-order valence-corrected chi connectivity index (χ0v) is 19.0. The van der Waals surface area contributed by atoms with E-state index in [0.717, 1.165) is 12.8 Å². The Bertz CT molecular complexity index is 1140. The summed E-state index contributed by atoms with van der Waals surface area (Å²) in [5, 5.41) is 8.85. The van der Waals surface area contributed by atoms with Crippen LogP contribution in [-0.2, 0) is 6.42 Å². The lowest BCUT2D eigenvalue weighted by Gasteiger charge is -2.10. The number of hydrogen-bond donors (Lipinski definition) is 0. The smallest absolute Gasteiger partial charge is 0.343 e. The molecule has 0 heterocycles. The van der Waals surface area contributed by atoms with Gasteiger partial charge >= 0.3 is 11.9 Å². The highest BCUT2D eigenvalue weighted by Gasteiger charge is 2.15. The van der Waals surface area contributed by atoms with Gasteiger partial charge in [0.2, 0.25) is 0 Å². The second-order valence-corrected chi connectivity index (χ2v) is 7.90. The maximum absolute atomic E-state index is 12.5. The fourth-order valence-corrected chi connectivity index (χ4v) is 3.42. The van der Waals surface area contributed by atoms with Gasteiger partial charge in [0, 0.05) is 0 Å². The molecule has 0 aliphatic rings. The van der Waals surface area contributed by atoms with Crippen LogP contribution in [0.2, 0.25) is 0 Å². The number of ether oxygens (including phenoxy) is 2. The minimum absolute atomic E-state index is 0.350. The zero-order chi connectivity index (χ0) is 23.6. The lowest BCUT2D eigenvalue weighted by atomic mass is 10.0. The largest absolute Gasteiger partial charge is 0.423 e. The molecule has 0 spiro atoms. The van der Waals surface area contributed by atoms with Gasteiger partial charge in [0.15, 0.2) is 0 Å². The van der Waals surface area contributed by atoms with Gasteiger partial charge in [-0.2, -0.15) is 5.26 Å². The van der Waals surface area contributed by atoms with Crippen molar-refractivity contribution < 1.29 is 19.1 Å². The summed E-state index contributed by atoms with van der Waals surface area (Å²) in [5.74, 6) is -0.261. The number of carbonyl (C=O) groups is 2. The predicted molar refractivity (Wildman–Crippen MR) is 127 cm³/mol. The summed E-state index contributed by atoms with van der Waals surface area (Å²) in [6.07, 6.45) is 5.83. The number of esters is 2. The van der Waals surface area contributed by atoms with Crippen LogP contribution in [0.15, 0.2) is 66.7 Å². The molecule has 33 heavy (non-hydrogen) atoms. The molecule has 0 aliphatic carbocycles. The molecule has 3 aromatic rings. The van der Waals surface area contributed by atoms with Crippen LogP contribution < -0.4 is 9.47 Å². The quantitative estimate of drug-likeness (QED) is 0.217. The molecular weight excluding hydrogens is 414 g/mol. The number of rotatable bonds is 9. The monoisotopic (exact) mass is 441 g/mol. The zero-order valence-electron chi connectivity index (χ0n) is 19.0. The Morgan fingerprint density at radius 1 is 0.818 bits per heavy atom. The van der Waals surface area contributed by atoms with Crippen molar-refractivity contribution >= 4 is 11.9 Å². The molecule has 5 heteroatoms. The standard InChI is InChI=1S/C28H27NO4/c1-3-4-5-6-7-21-8-12-23(13-9-21)27(30)33-25-16-17-26(20(2)18-25)28(31)32-24-14-10-22(19-29)11-15-24/h8-18H,3-7H2,1-2H3. The van der Waals surface area contributed by atoms with Gasteiger partial charge in [-0.1, -0.05) is 38.3 Å². The Morgan fingerprint density at radius 3 is 2.12 bits per heavy atom. The molecule has 0 N–H and O–H groups in total. The van der Waals surface area contributed by atoms with Gasteiger partial charge in [-0.25, -0.2) is 9.59 Å². The molecule has 3 rings (SSSR count). The highest BCUT2D eigenvalue weighted by molar-refractivity contribution is 5.93. The topological polar surface area (TPSA) is 76.4 Å². The minimum Gasteiger partial charge on any atom is -0.423 e. The summed E-state index contributed by atoms with van der Waals surface area (Å²) in [6.45, 7) is 3.94. The second kappa shape index (κ2) is 11.6. The van der Waals surface area contributed by atoms with Gasteiger partial charge in [0.25, 0.3) is 0 Å². The number of unbranched alkanes of at least 4 members (excludes halogenated alkanes) is 3. The summed E-state index contributed by atoms with van der Waals surface area (Å²) >= 11 is 0. The summed E-state index contributed by atoms with van der Waals surface area (Å²) < 4.78 is 10.9. The maximum Gasteiger partial charge on any atom is 0.343 e. The molecule has 0 aliphatic heterocycles. The van der Waals surface area contributed by atoms with E-state index in [0.29, 0.717) is 33.8 Å². The van der Waals surface area contributed by atoms with Gasteiger partial charge in [-0.05, 0) is 85.5 Å². The van der Waals surface area contributed by atoms with Crippen LogP contribution in [0.4, 0.5) is 0 Å². The van der Waals surface area contributed by atoms with E-state index < -0.39 is 11.9 Å². The molecule has 0 saturated heterocycles. The van der Waals surface area contributed by atoms with Gasteiger partial charge in [0.1, 0.15) is 11.5 Å². The fourth-order valence-electron chi connectivity index (χ4n) is 3.42. The molecule has 0 unspecified atom stereocenters. The Hall–Kier alpha value is -3.91. The first-order chi connectivity index (χ1) is 16.0. The third-order valence-electron chi connectivity index (χ3n) is 5.33. The fraction of sp³-hybridized carbons (Fsp3) is 0.250. The average molecular weight is 442 g/mol. The third kappa shape index (κ3) is 6.78. The van der Waals surface area contributed by atoms with E-state index in [4.69, 9.17) is 14.7 Å². The van der Waals surface area contributed by atoms with E-state index in [2.05, 4.69) is 6.92 Å². The normalized spacial score (nSPS) is 10.3. The van der Waals surface area contributed by atoms with Gasteiger partial charge < -0.3 is 9.47 Å². The lowest BCUT2D eigenvalue weighted by molar-refractivity contribution is 0.0730. The van der Waals surface area contributed by atoms with Gasteiger partial charge in [-0.3, -0.25) is 0 Å². The van der Waals surface area contributed by atoms with Crippen LogP contribution in [0.3, 0.4) is 0 Å². The van der Waals surface area contributed by atoms with Crippen molar-refractivity contribution in [2.24, 2.45) is 0 Å². The van der Waals surface area contributed by atoms with Crippen LogP contribution in [0.25, 0.3) is 0 Å². The summed E-state index contributed by atoms with van der Waals surface area (Å²) in [6, 6.07) is 20.6. The minimum atomic E-state index is -0.524. The van der Waals surface area contributed by atoms with Crippen molar-refractivity contribution in [2.45, 2.75) is 46.0 Å². The molecular formula is C28H27NO4. The highest BCUT2D eigenvalue weighted by atomic mass is 16.5. The number of nitrogens with zero attached hydrogens (tertiary/aromatic N) is 1. The van der Waals surface area contributed by atoms with Crippen molar-refractivity contribution in [1.82, 2.24) is 0 Å². The Balaban J connectivity index is 1.59. The van der Waals surface area contributed by atoms with Crippen molar-refractivity contribution in [1.29, 1.82) is 5.26 Å². The maximum atomic E-state index is 12.5. The van der Waals surface area contributed by atoms with Crippen molar-refractivity contribution in [3.8, 4) is 17.6 Å². The average Bonchev–Trinajstić information content (AvgIpc) is 2.82. The SMILES string of the molecule is CCCCCCc1ccc(C(=O)Oc2ccc(C(=O)Oc3ccc(C#N)cc3)c(C)c2)cc1. The summed E-state index contributed by atoms with van der Waals surface area (Å²) in [5.41, 5.74) is 3.17. The number of carbonyl (C=O) groups excluding carboxylic acids is 2. The molecule has 0 atom stereocenters. The summed E-state index contributed by atoms with van der Waals surface area (Å²) in [4.78, 5) is 25.0. The van der Waals surface area contributed by atoms with Gasteiger partial charge in [-0.15, -0.1) is 0 Å². The molecule has 0 saturated carbocycles. The Labute approximate surface area is 194 Å². The van der Waals surface area contributed by atoms with Crippen LogP contribution >= 0.6 is 0 Å². The van der Waals surface area contributed by atoms with Crippen LogP contribution in [-0.4, -0.2) is 11.9 Å². The number of nitriles is 1. The molecule has 0 radical (unpaired) electrons. The first kappa shape index (κ1) is 23.7. The lowest BCUT2D eigenvalue weighted by Crippen LogP contribution is -2.12. The van der Waals surface area contributed by atoms with E-state index in [1.807, 2.05) is 18.2 Å². The van der Waals surface area contributed by atoms with Gasteiger partial charge in [0.05, 0.1) is 22.8 Å². The van der Waals surface area contributed by atoms with Crippen molar-refractivity contribution in [3.63, 3.8) is 0 Å². The number of hydrogen-bond acceptors (Lipinski definition) is 5. The first-order valence-electron chi connectivity index (χ1n) is 11.1. The Morgan fingerprint density at radius 2 is 1.48 bits per heavy atom. The molecule has 168 valence electrons. The molecule has 0 bridgehead atoms. The highest BCUT2D eigenvalue weighted by Crippen LogP contribution is 2.21. The Kier molecular flexibility index (Phi) is 8.37. The van der Waals surface area contributed by atoms with Crippen molar-refractivity contribution in [2.75, 3.05) is 0 Å². The predicted octanol–water partition coefficient (Wildman–Crippen LogP) is 6.43. The van der Waals surface area contributed by atoms with E-state index in [1.54, 1.807) is 61.5 Å². The number of aryl methyl sites for hydroxylation is 2. The second-order valence-electron chi connectivity index (χ2n) is 7.90. The van der Waals surface area contributed by atoms with Crippen LogP contribution in [0.5, 0.6) is 11.5 Å². The molecule has 5 nitrogen and oxygen atoms in total. The van der Waals surface area contributed by atoms with E-state index in [1.165, 1.54) is 24.8 Å². The molecule has 3 aromatic carbocycles. The van der Waals surface area contributed by atoms with Crippen LogP contribution in [0.1, 0.15) is 70.0 Å². The van der Waals surface area contributed by atoms with Crippen molar-refractivity contribution in [3.05, 3.63) is 94.5 Å². The van der Waals surface area contributed by atoms with E-state index in [9.17, 15) is 9.59 Å². The first-order valence-corrected chi connectivity index (χ1v) is 11.1.